The van der Waals surface area contributed by atoms with Crippen molar-refractivity contribution in [2.45, 2.75) is 19.3 Å². The Bertz CT molecular complexity index is 750. The van der Waals surface area contributed by atoms with Gasteiger partial charge in [-0.3, -0.25) is 0 Å². The van der Waals surface area contributed by atoms with Gasteiger partial charge >= 0.3 is 0 Å². The maximum atomic E-state index is 5.51. The number of hydrogen-bond acceptors (Lipinski definition) is 4. The lowest BCUT2D eigenvalue weighted by Crippen LogP contribution is -1.97. The number of hydrogen-bond donors (Lipinski definition) is 0. The quantitative estimate of drug-likeness (QED) is 0.756. The lowest BCUT2D eigenvalue weighted by molar-refractivity contribution is 0.324. The zero-order valence-electron chi connectivity index (χ0n) is 15.2. The largest absolute Gasteiger partial charge is 0.497 e. The van der Waals surface area contributed by atoms with Crippen LogP contribution in [0.1, 0.15) is 30.4 Å². The van der Waals surface area contributed by atoms with Crippen LogP contribution in [0.5, 0.6) is 23.0 Å². The Morgan fingerprint density at radius 2 is 1.20 bits per heavy atom. The van der Waals surface area contributed by atoms with Crippen molar-refractivity contribution in [3.05, 3.63) is 47.5 Å². The van der Waals surface area contributed by atoms with Gasteiger partial charge in [0.05, 0.1) is 28.4 Å². The van der Waals surface area contributed by atoms with E-state index < -0.39 is 0 Å². The Kier molecular flexibility index (Phi) is 5.17. The fourth-order valence-electron chi connectivity index (χ4n) is 3.43. The molecule has 0 aliphatic heterocycles. The van der Waals surface area contributed by atoms with E-state index in [0.29, 0.717) is 17.2 Å². The van der Waals surface area contributed by atoms with Crippen LogP contribution >= 0.6 is 0 Å². The Hall–Kier alpha value is -2.62. The van der Waals surface area contributed by atoms with Crippen molar-refractivity contribution < 1.29 is 18.9 Å². The molecule has 0 saturated carbocycles. The summed E-state index contributed by atoms with van der Waals surface area (Å²) >= 11 is 0. The van der Waals surface area contributed by atoms with Gasteiger partial charge in [0.1, 0.15) is 5.75 Å². The molecule has 0 saturated heterocycles. The van der Waals surface area contributed by atoms with E-state index in [2.05, 4.69) is 12.1 Å². The summed E-state index contributed by atoms with van der Waals surface area (Å²) in [6, 6.07) is 12.3. The van der Waals surface area contributed by atoms with Crippen LogP contribution < -0.4 is 18.9 Å². The molecule has 4 heteroatoms. The first-order chi connectivity index (χ1) is 12.2. The molecule has 0 unspecified atom stereocenters. The predicted molar refractivity (Wildman–Crippen MR) is 99.8 cm³/mol. The lowest BCUT2D eigenvalue weighted by Gasteiger charge is -2.16. The van der Waals surface area contributed by atoms with Crippen LogP contribution in [0.4, 0.5) is 0 Å². The number of methoxy groups -OCH3 is 4. The van der Waals surface area contributed by atoms with Crippen LogP contribution in [-0.4, -0.2) is 28.4 Å². The topological polar surface area (TPSA) is 36.9 Å². The van der Waals surface area contributed by atoms with E-state index in [1.807, 2.05) is 24.3 Å². The zero-order chi connectivity index (χ0) is 17.8. The van der Waals surface area contributed by atoms with E-state index in [1.54, 1.807) is 28.4 Å². The maximum Gasteiger partial charge on any atom is 0.203 e. The monoisotopic (exact) mass is 340 g/mol. The summed E-state index contributed by atoms with van der Waals surface area (Å²) in [5, 5.41) is 0. The summed E-state index contributed by atoms with van der Waals surface area (Å²) in [6.07, 6.45) is 3.26. The molecule has 0 atom stereocenters. The molecule has 1 aliphatic rings. The normalized spacial score (nSPS) is 13.8. The van der Waals surface area contributed by atoms with Crippen molar-refractivity contribution in [3.8, 4) is 23.0 Å². The van der Waals surface area contributed by atoms with Gasteiger partial charge in [-0.05, 0) is 65.8 Å². The van der Waals surface area contributed by atoms with Crippen LogP contribution in [0.3, 0.4) is 0 Å². The summed E-state index contributed by atoms with van der Waals surface area (Å²) in [4.78, 5) is 0. The number of benzene rings is 2. The molecule has 4 nitrogen and oxygen atoms in total. The highest BCUT2D eigenvalue weighted by Gasteiger charge is 2.21. The highest BCUT2D eigenvalue weighted by Crippen LogP contribution is 2.45. The Morgan fingerprint density at radius 3 is 1.68 bits per heavy atom. The highest BCUT2D eigenvalue weighted by molar-refractivity contribution is 5.93. The van der Waals surface area contributed by atoms with Gasteiger partial charge in [-0.15, -0.1) is 0 Å². The first-order valence-electron chi connectivity index (χ1n) is 8.38. The molecule has 3 rings (SSSR count). The molecular formula is C21H24O4. The van der Waals surface area contributed by atoms with Crippen molar-refractivity contribution in [2.75, 3.05) is 28.4 Å². The van der Waals surface area contributed by atoms with E-state index in [0.717, 1.165) is 30.6 Å². The smallest absolute Gasteiger partial charge is 0.203 e. The van der Waals surface area contributed by atoms with Gasteiger partial charge in [0.2, 0.25) is 5.75 Å². The molecule has 0 spiro atoms. The second kappa shape index (κ2) is 7.51. The highest BCUT2D eigenvalue weighted by atomic mass is 16.5. The minimum atomic E-state index is 0.623. The fourth-order valence-corrected chi connectivity index (χ4v) is 3.43. The van der Waals surface area contributed by atoms with Gasteiger partial charge in [0.15, 0.2) is 11.5 Å². The molecule has 2 aromatic carbocycles. The van der Waals surface area contributed by atoms with E-state index in [4.69, 9.17) is 18.9 Å². The molecule has 132 valence electrons. The summed E-state index contributed by atoms with van der Waals surface area (Å²) in [6.45, 7) is 0. The number of ether oxygens (including phenoxy) is 4. The minimum Gasteiger partial charge on any atom is -0.497 e. The van der Waals surface area contributed by atoms with E-state index in [9.17, 15) is 0 Å². The molecule has 0 N–H and O–H groups in total. The maximum absolute atomic E-state index is 5.51. The molecule has 0 amide bonds. The standard InChI is InChI=1S/C21H24O4/c1-22-16-10-8-14(9-11-16)17-6-5-7-18(17)15-12-19(23-2)21(25-4)20(13-15)24-3/h8-13H,5-7H2,1-4H3. The third kappa shape index (κ3) is 3.29. The molecule has 0 fully saturated rings. The van der Waals surface area contributed by atoms with Crippen LogP contribution in [0.25, 0.3) is 11.1 Å². The Labute approximate surface area is 149 Å². The van der Waals surface area contributed by atoms with E-state index in [-0.39, 0.29) is 0 Å². The molecule has 1 aliphatic carbocycles. The predicted octanol–water partition coefficient (Wildman–Crippen LogP) is 4.82. The van der Waals surface area contributed by atoms with Crippen LogP contribution in [0.15, 0.2) is 36.4 Å². The third-order valence-corrected chi connectivity index (χ3v) is 4.67. The average molecular weight is 340 g/mol. The van der Waals surface area contributed by atoms with Gasteiger partial charge in [-0.1, -0.05) is 12.1 Å². The van der Waals surface area contributed by atoms with Gasteiger partial charge in [-0.2, -0.15) is 0 Å². The second-order valence-electron chi connectivity index (χ2n) is 5.95. The van der Waals surface area contributed by atoms with Crippen LogP contribution in [0.2, 0.25) is 0 Å². The first-order valence-corrected chi connectivity index (χ1v) is 8.38. The third-order valence-electron chi connectivity index (χ3n) is 4.67. The van der Waals surface area contributed by atoms with Crippen LogP contribution in [-0.2, 0) is 0 Å². The molecule has 0 aromatic heterocycles. The van der Waals surface area contributed by atoms with Gasteiger partial charge in [0.25, 0.3) is 0 Å². The first kappa shape index (κ1) is 17.2. The molecular weight excluding hydrogens is 316 g/mol. The molecule has 0 heterocycles. The van der Waals surface area contributed by atoms with E-state index >= 15 is 0 Å². The molecule has 0 bridgehead atoms. The van der Waals surface area contributed by atoms with Crippen molar-refractivity contribution >= 4 is 11.1 Å². The second-order valence-corrected chi connectivity index (χ2v) is 5.95. The number of allylic oxidation sites excluding steroid dienone is 2. The van der Waals surface area contributed by atoms with Crippen molar-refractivity contribution in [2.24, 2.45) is 0 Å². The number of rotatable bonds is 6. The molecule has 2 aromatic rings. The summed E-state index contributed by atoms with van der Waals surface area (Å²) in [5.74, 6) is 2.87. The van der Waals surface area contributed by atoms with Crippen LogP contribution in [0, 0.1) is 0 Å². The minimum absolute atomic E-state index is 0.623. The Morgan fingerprint density at radius 1 is 0.640 bits per heavy atom. The summed E-state index contributed by atoms with van der Waals surface area (Å²) in [7, 11) is 6.60. The Balaban J connectivity index is 2.09. The van der Waals surface area contributed by atoms with Crippen molar-refractivity contribution in [1.82, 2.24) is 0 Å². The fraction of sp³-hybridized carbons (Fsp3) is 0.333. The van der Waals surface area contributed by atoms with E-state index in [1.165, 1.54) is 16.7 Å². The van der Waals surface area contributed by atoms with Crippen molar-refractivity contribution in [3.63, 3.8) is 0 Å². The lowest BCUT2D eigenvalue weighted by atomic mass is 9.96. The van der Waals surface area contributed by atoms with Gasteiger partial charge in [0, 0.05) is 0 Å². The average Bonchev–Trinajstić information content (AvgIpc) is 3.16. The molecule has 0 radical (unpaired) electrons. The summed E-state index contributed by atoms with van der Waals surface area (Å²) < 4.78 is 21.7. The summed E-state index contributed by atoms with van der Waals surface area (Å²) in [5.41, 5.74) is 5.07. The zero-order valence-corrected chi connectivity index (χ0v) is 15.2. The van der Waals surface area contributed by atoms with Gasteiger partial charge in [-0.25, -0.2) is 0 Å². The SMILES string of the molecule is COc1ccc(C2=C(c3cc(OC)c(OC)c(OC)c3)CCC2)cc1. The van der Waals surface area contributed by atoms with Gasteiger partial charge < -0.3 is 18.9 Å². The molecule has 25 heavy (non-hydrogen) atoms. The van der Waals surface area contributed by atoms with Crippen molar-refractivity contribution in [1.29, 1.82) is 0 Å².